The Balaban J connectivity index is 1.38. The molecule has 0 amide bonds. The standard InChI is InChI=1S/C24H27NO3/c1-16-21(8-9-22(16)26)25-20-7-10-23(27-2)24(15-20)28-12-11-17-13-18-5-3-4-6-19(18)14-17/h3-7,10,15,17,25H,8-9,11-14H2,1-2H3. The summed E-state index contributed by atoms with van der Waals surface area (Å²) in [5.41, 5.74) is 5.72. The minimum Gasteiger partial charge on any atom is -0.493 e. The number of nitrogens with one attached hydrogen (secondary N) is 1. The Kier molecular flexibility index (Phi) is 5.38. The van der Waals surface area contributed by atoms with E-state index in [2.05, 4.69) is 29.6 Å². The predicted molar refractivity (Wildman–Crippen MR) is 111 cm³/mol. The van der Waals surface area contributed by atoms with Gasteiger partial charge >= 0.3 is 0 Å². The highest BCUT2D eigenvalue weighted by atomic mass is 16.5. The molecule has 0 radical (unpaired) electrons. The second-order valence-electron chi connectivity index (χ2n) is 7.70. The number of ether oxygens (including phenoxy) is 2. The van der Waals surface area contributed by atoms with E-state index in [9.17, 15) is 4.79 Å². The maximum Gasteiger partial charge on any atom is 0.163 e. The van der Waals surface area contributed by atoms with Crippen molar-refractivity contribution in [3.8, 4) is 11.5 Å². The number of hydrogen-bond donors (Lipinski definition) is 1. The molecule has 0 spiro atoms. The summed E-state index contributed by atoms with van der Waals surface area (Å²) in [6.07, 6.45) is 4.67. The van der Waals surface area contributed by atoms with Crippen LogP contribution >= 0.6 is 0 Å². The van der Waals surface area contributed by atoms with Crippen LogP contribution in [-0.4, -0.2) is 19.5 Å². The third-order valence-corrected chi connectivity index (χ3v) is 5.85. The minimum absolute atomic E-state index is 0.227. The first kappa shape index (κ1) is 18.6. The van der Waals surface area contributed by atoms with Crippen molar-refractivity contribution in [3.05, 3.63) is 64.9 Å². The van der Waals surface area contributed by atoms with Crippen molar-refractivity contribution in [2.24, 2.45) is 5.92 Å². The van der Waals surface area contributed by atoms with Crippen molar-refractivity contribution in [1.82, 2.24) is 0 Å². The van der Waals surface area contributed by atoms with Gasteiger partial charge in [0.1, 0.15) is 0 Å². The fourth-order valence-corrected chi connectivity index (χ4v) is 4.17. The Morgan fingerprint density at radius 2 is 1.79 bits per heavy atom. The van der Waals surface area contributed by atoms with Gasteiger partial charge in [0.25, 0.3) is 0 Å². The highest BCUT2D eigenvalue weighted by molar-refractivity contribution is 5.98. The molecule has 4 nitrogen and oxygen atoms in total. The first-order chi connectivity index (χ1) is 13.6. The summed E-state index contributed by atoms with van der Waals surface area (Å²) in [7, 11) is 1.66. The van der Waals surface area contributed by atoms with Crippen LogP contribution in [0.15, 0.2) is 53.7 Å². The van der Waals surface area contributed by atoms with E-state index in [1.807, 2.05) is 25.1 Å². The number of carbonyl (C=O) groups excluding carboxylic acids is 1. The van der Waals surface area contributed by atoms with Gasteiger partial charge in [-0.05, 0) is 61.8 Å². The summed E-state index contributed by atoms with van der Waals surface area (Å²) in [6.45, 7) is 2.55. The quantitative estimate of drug-likeness (QED) is 0.743. The molecule has 2 aromatic rings. The molecule has 0 aromatic heterocycles. The third-order valence-electron chi connectivity index (χ3n) is 5.85. The van der Waals surface area contributed by atoms with Gasteiger partial charge in [-0.25, -0.2) is 0 Å². The number of methoxy groups -OCH3 is 1. The van der Waals surface area contributed by atoms with Crippen LogP contribution in [0.2, 0.25) is 0 Å². The molecule has 1 N–H and O–H groups in total. The highest BCUT2D eigenvalue weighted by Crippen LogP contribution is 2.34. The van der Waals surface area contributed by atoms with Crippen LogP contribution in [0.25, 0.3) is 0 Å². The largest absolute Gasteiger partial charge is 0.493 e. The van der Waals surface area contributed by atoms with Crippen molar-refractivity contribution >= 4 is 11.5 Å². The lowest BCUT2D eigenvalue weighted by Gasteiger charge is -2.15. The molecule has 0 saturated heterocycles. The van der Waals surface area contributed by atoms with E-state index in [-0.39, 0.29) is 5.78 Å². The van der Waals surface area contributed by atoms with Crippen LogP contribution in [0.4, 0.5) is 5.69 Å². The molecule has 0 bridgehead atoms. The van der Waals surface area contributed by atoms with Gasteiger partial charge in [-0.3, -0.25) is 4.79 Å². The molecule has 2 aliphatic carbocycles. The number of Topliss-reactive ketones (excluding diaryl/α,β-unsaturated/α-hetero) is 1. The molecule has 0 unspecified atom stereocenters. The summed E-state index contributed by atoms with van der Waals surface area (Å²) < 4.78 is 11.6. The molecular weight excluding hydrogens is 350 g/mol. The number of rotatable bonds is 7. The second-order valence-corrected chi connectivity index (χ2v) is 7.70. The Morgan fingerprint density at radius 3 is 2.43 bits per heavy atom. The maximum atomic E-state index is 11.7. The number of ketones is 1. The van der Waals surface area contributed by atoms with E-state index >= 15 is 0 Å². The molecule has 0 fully saturated rings. The van der Waals surface area contributed by atoms with E-state index in [1.54, 1.807) is 7.11 Å². The van der Waals surface area contributed by atoms with Gasteiger partial charge in [-0.1, -0.05) is 24.3 Å². The summed E-state index contributed by atoms with van der Waals surface area (Å²) in [5, 5.41) is 3.38. The first-order valence-electron chi connectivity index (χ1n) is 10.0. The van der Waals surface area contributed by atoms with Gasteiger partial charge < -0.3 is 14.8 Å². The SMILES string of the molecule is COc1ccc(NC2=C(C)C(=O)CC2)cc1OCCC1Cc2ccccc2C1. The summed E-state index contributed by atoms with van der Waals surface area (Å²) in [6, 6.07) is 14.5. The molecule has 4 heteroatoms. The zero-order valence-electron chi connectivity index (χ0n) is 16.6. The number of benzene rings is 2. The van der Waals surface area contributed by atoms with Crippen LogP contribution in [0.1, 0.15) is 37.3 Å². The van der Waals surface area contributed by atoms with Gasteiger partial charge in [-0.2, -0.15) is 0 Å². The monoisotopic (exact) mass is 377 g/mol. The Bertz CT molecular complexity index is 891. The van der Waals surface area contributed by atoms with E-state index in [4.69, 9.17) is 9.47 Å². The zero-order valence-corrected chi connectivity index (χ0v) is 16.6. The van der Waals surface area contributed by atoms with Gasteiger partial charge in [0.2, 0.25) is 0 Å². The van der Waals surface area contributed by atoms with Crippen LogP contribution < -0.4 is 14.8 Å². The van der Waals surface area contributed by atoms with Gasteiger partial charge in [0.05, 0.1) is 13.7 Å². The van der Waals surface area contributed by atoms with Gasteiger partial charge in [0, 0.05) is 29.4 Å². The molecule has 0 saturated carbocycles. The molecule has 0 heterocycles. The molecule has 4 rings (SSSR count). The smallest absolute Gasteiger partial charge is 0.163 e. The van der Waals surface area contributed by atoms with Gasteiger partial charge in [0.15, 0.2) is 17.3 Å². The van der Waals surface area contributed by atoms with Crippen LogP contribution in [0.5, 0.6) is 11.5 Å². The molecule has 2 aliphatic rings. The fraction of sp³-hybridized carbons (Fsp3) is 0.375. The van der Waals surface area contributed by atoms with Crippen LogP contribution in [0, 0.1) is 5.92 Å². The van der Waals surface area contributed by atoms with E-state index < -0.39 is 0 Å². The molecule has 28 heavy (non-hydrogen) atoms. The van der Waals surface area contributed by atoms with Crippen molar-refractivity contribution in [2.75, 3.05) is 19.0 Å². The summed E-state index contributed by atoms with van der Waals surface area (Å²) in [5.74, 6) is 2.34. The minimum atomic E-state index is 0.227. The number of carbonyl (C=O) groups is 1. The molecule has 0 atom stereocenters. The maximum absolute atomic E-state index is 11.7. The van der Waals surface area contributed by atoms with Crippen molar-refractivity contribution in [3.63, 3.8) is 0 Å². The Hall–Kier alpha value is -2.75. The second kappa shape index (κ2) is 8.09. The zero-order chi connectivity index (χ0) is 19.5. The van der Waals surface area contributed by atoms with E-state index in [0.717, 1.165) is 54.1 Å². The molecule has 0 aliphatic heterocycles. The Morgan fingerprint density at radius 1 is 1.04 bits per heavy atom. The number of hydrogen-bond acceptors (Lipinski definition) is 4. The van der Waals surface area contributed by atoms with Crippen molar-refractivity contribution in [1.29, 1.82) is 0 Å². The fourth-order valence-electron chi connectivity index (χ4n) is 4.17. The first-order valence-corrected chi connectivity index (χ1v) is 10.0. The lowest BCUT2D eigenvalue weighted by atomic mass is 10.0. The normalized spacial score (nSPS) is 16.4. The van der Waals surface area contributed by atoms with Crippen LogP contribution in [0.3, 0.4) is 0 Å². The Labute approximate surface area is 166 Å². The highest BCUT2D eigenvalue weighted by Gasteiger charge is 2.21. The van der Waals surface area contributed by atoms with Crippen molar-refractivity contribution < 1.29 is 14.3 Å². The molecular formula is C24H27NO3. The average molecular weight is 377 g/mol. The molecule has 146 valence electrons. The van der Waals surface area contributed by atoms with Crippen molar-refractivity contribution in [2.45, 2.75) is 39.0 Å². The topological polar surface area (TPSA) is 47.6 Å². The molecule has 2 aromatic carbocycles. The third kappa shape index (κ3) is 3.91. The average Bonchev–Trinajstić information content (AvgIpc) is 3.26. The number of anilines is 1. The predicted octanol–water partition coefficient (Wildman–Crippen LogP) is 4.93. The summed E-state index contributed by atoms with van der Waals surface area (Å²) in [4.78, 5) is 11.7. The number of allylic oxidation sites excluding steroid dienone is 2. The van der Waals surface area contributed by atoms with Gasteiger partial charge in [-0.15, -0.1) is 0 Å². The lowest BCUT2D eigenvalue weighted by Crippen LogP contribution is -2.08. The van der Waals surface area contributed by atoms with E-state index in [0.29, 0.717) is 18.9 Å². The van der Waals surface area contributed by atoms with Crippen LogP contribution in [-0.2, 0) is 17.6 Å². The lowest BCUT2D eigenvalue weighted by molar-refractivity contribution is -0.114. The van der Waals surface area contributed by atoms with E-state index in [1.165, 1.54) is 11.1 Å². The number of fused-ring (bicyclic) bond motifs is 1. The summed E-state index contributed by atoms with van der Waals surface area (Å²) >= 11 is 0.